The van der Waals surface area contributed by atoms with Gasteiger partial charge in [-0.2, -0.15) is 10.5 Å². The van der Waals surface area contributed by atoms with Crippen LogP contribution < -0.4 is 4.74 Å². The molecule has 0 spiro atoms. The number of aromatic hydroxyl groups is 1. The Balaban J connectivity index is 2.12. The molecule has 0 radical (unpaired) electrons. The van der Waals surface area contributed by atoms with E-state index >= 15 is 0 Å². The van der Waals surface area contributed by atoms with Crippen LogP contribution in [0.15, 0.2) is 73.2 Å². The molecule has 0 aliphatic carbocycles. The normalized spacial score (nSPS) is 10.8. The number of hydrogen-bond donors (Lipinski definition) is 1. The number of halogens is 2. The Labute approximate surface area is 199 Å². The molecule has 0 aliphatic heterocycles. The van der Waals surface area contributed by atoms with E-state index in [4.69, 9.17) is 27.9 Å². The zero-order valence-electron chi connectivity index (χ0n) is 16.8. The highest BCUT2D eigenvalue weighted by molar-refractivity contribution is 6.44. The number of nitrogens with zero attached hydrogens (tertiary/aromatic N) is 5. The van der Waals surface area contributed by atoms with Crippen molar-refractivity contribution in [2.45, 2.75) is 5.60 Å². The molecule has 0 unspecified atom stereocenters. The number of nitriles is 2. The van der Waals surface area contributed by atoms with Gasteiger partial charge in [0.15, 0.2) is 11.5 Å². The van der Waals surface area contributed by atoms with E-state index in [9.17, 15) is 15.6 Å². The number of hydrogen-bond acceptors (Lipinski definition) is 7. The van der Waals surface area contributed by atoms with Gasteiger partial charge >= 0.3 is 0 Å². The van der Waals surface area contributed by atoms with Gasteiger partial charge in [-0.15, -0.1) is 0 Å². The lowest BCUT2D eigenvalue weighted by Gasteiger charge is -2.34. The highest BCUT2D eigenvalue weighted by Crippen LogP contribution is 2.48. The van der Waals surface area contributed by atoms with Crippen LogP contribution in [0, 0.1) is 22.7 Å². The Morgan fingerprint density at radius 1 is 0.727 bits per heavy atom. The summed E-state index contributed by atoms with van der Waals surface area (Å²) in [5, 5.41) is 29.1. The topological polar surface area (TPSA) is 116 Å². The third kappa shape index (κ3) is 3.70. The molecule has 33 heavy (non-hydrogen) atoms. The van der Waals surface area contributed by atoms with Gasteiger partial charge in [-0.1, -0.05) is 41.4 Å². The van der Waals surface area contributed by atoms with Crippen LogP contribution in [0.4, 0.5) is 0 Å². The first-order valence-electron chi connectivity index (χ1n) is 9.52. The third-order valence-electron chi connectivity index (χ3n) is 4.87. The van der Waals surface area contributed by atoms with Crippen LogP contribution in [-0.2, 0) is 5.60 Å². The van der Waals surface area contributed by atoms with Crippen molar-refractivity contribution in [2.24, 2.45) is 0 Å². The van der Waals surface area contributed by atoms with Gasteiger partial charge in [0.25, 0.3) is 0 Å². The second-order valence-corrected chi connectivity index (χ2v) is 7.46. The number of phenols is 1. The first kappa shape index (κ1) is 22.0. The van der Waals surface area contributed by atoms with E-state index in [0.717, 1.165) is 0 Å². The van der Waals surface area contributed by atoms with E-state index < -0.39 is 11.4 Å². The van der Waals surface area contributed by atoms with Crippen LogP contribution >= 0.6 is 23.2 Å². The minimum Gasteiger partial charge on any atom is -0.505 e. The number of ether oxygens (including phenoxy) is 1. The van der Waals surface area contributed by atoms with Crippen molar-refractivity contribution in [2.75, 3.05) is 0 Å². The van der Waals surface area contributed by atoms with Gasteiger partial charge in [0.2, 0.25) is 5.60 Å². The zero-order valence-corrected chi connectivity index (χ0v) is 18.3. The Bertz CT molecular complexity index is 1290. The fraction of sp³-hybridized carbons (Fsp3) is 0.0417. The predicted molar refractivity (Wildman–Crippen MR) is 121 cm³/mol. The maximum Gasteiger partial charge on any atom is 0.234 e. The van der Waals surface area contributed by atoms with Gasteiger partial charge in [-0.05, 0) is 36.4 Å². The van der Waals surface area contributed by atoms with Crippen molar-refractivity contribution >= 4 is 23.2 Å². The summed E-state index contributed by atoms with van der Waals surface area (Å²) in [5.41, 5.74) is -1.04. The summed E-state index contributed by atoms with van der Waals surface area (Å²) >= 11 is 12.6. The molecule has 160 valence electrons. The van der Waals surface area contributed by atoms with Gasteiger partial charge in [-0.3, -0.25) is 15.0 Å². The fourth-order valence-corrected chi connectivity index (χ4v) is 3.79. The molecule has 0 aliphatic rings. The van der Waals surface area contributed by atoms with E-state index in [2.05, 4.69) is 15.0 Å². The predicted octanol–water partition coefficient (Wildman–Crippen LogP) is 5.00. The number of benzene rings is 1. The van der Waals surface area contributed by atoms with Gasteiger partial charge in [0.1, 0.15) is 33.3 Å². The quantitative estimate of drug-likeness (QED) is 0.433. The fourth-order valence-electron chi connectivity index (χ4n) is 3.38. The lowest BCUT2D eigenvalue weighted by molar-refractivity contribution is 0.140. The molecule has 0 amide bonds. The molecule has 1 aromatic carbocycles. The molecule has 4 rings (SSSR count). The molecular weight excluding hydrogens is 461 g/mol. The summed E-state index contributed by atoms with van der Waals surface area (Å²) in [6.45, 7) is 0. The van der Waals surface area contributed by atoms with Crippen molar-refractivity contribution in [1.29, 1.82) is 10.5 Å². The third-order valence-corrected chi connectivity index (χ3v) is 5.69. The van der Waals surface area contributed by atoms with Crippen LogP contribution in [0.3, 0.4) is 0 Å². The van der Waals surface area contributed by atoms with E-state index in [0.29, 0.717) is 17.1 Å². The highest BCUT2D eigenvalue weighted by Gasteiger charge is 2.45. The maximum absolute atomic E-state index is 10.3. The molecule has 7 nitrogen and oxygen atoms in total. The summed E-state index contributed by atoms with van der Waals surface area (Å²) in [7, 11) is 0. The molecule has 1 N–H and O–H groups in total. The Morgan fingerprint density at radius 2 is 1.18 bits per heavy atom. The van der Waals surface area contributed by atoms with Crippen LogP contribution in [0.2, 0.25) is 10.0 Å². The van der Waals surface area contributed by atoms with Crippen LogP contribution in [0.1, 0.15) is 28.2 Å². The largest absolute Gasteiger partial charge is 0.505 e. The molecule has 4 aromatic rings. The van der Waals surface area contributed by atoms with Gasteiger partial charge in [-0.25, -0.2) is 0 Å². The zero-order chi connectivity index (χ0) is 23.4. The van der Waals surface area contributed by atoms with Gasteiger partial charge in [0.05, 0.1) is 17.1 Å². The van der Waals surface area contributed by atoms with Crippen molar-refractivity contribution in [1.82, 2.24) is 15.0 Å². The first-order chi connectivity index (χ1) is 16.0. The van der Waals surface area contributed by atoms with Gasteiger partial charge in [0, 0.05) is 18.6 Å². The van der Waals surface area contributed by atoms with E-state index in [1.807, 2.05) is 6.07 Å². The molecule has 3 aromatic heterocycles. The van der Waals surface area contributed by atoms with E-state index in [-0.39, 0.29) is 26.9 Å². The smallest absolute Gasteiger partial charge is 0.234 e. The van der Waals surface area contributed by atoms with Crippen LogP contribution in [0.5, 0.6) is 11.5 Å². The molecule has 0 saturated carbocycles. The Hall–Kier alpha value is -4.17. The van der Waals surface area contributed by atoms with Crippen LogP contribution in [-0.4, -0.2) is 20.1 Å². The molecule has 9 heteroatoms. The summed E-state index contributed by atoms with van der Waals surface area (Å²) < 4.78 is 6.50. The van der Waals surface area contributed by atoms with Crippen molar-refractivity contribution in [3.63, 3.8) is 0 Å². The lowest BCUT2D eigenvalue weighted by Crippen LogP contribution is -2.39. The van der Waals surface area contributed by atoms with Crippen molar-refractivity contribution in [3.8, 4) is 23.6 Å². The summed E-state index contributed by atoms with van der Waals surface area (Å²) in [6, 6.07) is 19.4. The number of phenolic OH excluding ortho intramolecular Hbond substituents is 1. The first-order valence-corrected chi connectivity index (χ1v) is 10.3. The second kappa shape index (κ2) is 9.13. The SMILES string of the molecule is N#Cc1c(O)c(Cl)c(Cl)c(OC(c2ccccn2)(c2ccccn2)c2ccccn2)c1C#N. The minimum atomic E-state index is -1.58. The lowest BCUT2D eigenvalue weighted by atomic mass is 9.89. The highest BCUT2D eigenvalue weighted by atomic mass is 35.5. The monoisotopic (exact) mass is 473 g/mol. The van der Waals surface area contributed by atoms with E-state index in [1.54, 1.807) is 79.3 Å². The summed E-state index contributed by atoms with van der Waals surface area (Å²) in [5.74, 6) is -0.812. The Kier molecular flexibility index (Phi) is 6.10. The molecule has 3 heterocycles. The van der Waals surface area contributed by atoms with Gasteiger partial charge < -0.3 is 9.84 Å². The molecule has 0 fully saturated rings. The summed E-state index contributed by atoms with van der Waals surface area (Å²) in [4.78, 5) is 13.5. The van der Waals surface area contributed by atoms with Crippen molar-refractivity contribution in [3.05, 3.63) is 111 Å². The van der Waals surface area contributed by atoms with Crippen LogP contribution in [0.25, 0.3) is 0 Å². The molecule has 0 atom stereocenters. The second-order valence-electron chi connectivity index (χ2n) is 6.71. The van der Waals surface area contributed by atoms with E-state index in [1.165, 1.54) is 0 Å². The van der Waals surface area contributed by atoms with Crippen molar-refractivity contribution < 1.29 is 9.84 Å². The Morgan fingerprint density at radius 3 is 1.55 bits per heavy atom. The number of aromatic nitrogens is 3. The number of rotatable bonds is 5. The summed E-state index contributed by atoms with van der Waals surface area (Å²) in [6.07, 6.45) is 4.74. The standard InChI is InChI=1S/C24H13Cl2N5O2/c25-20-21(26)23(16(14-28)15(13-27)22(20)32)33-24(17-7-1-4-10-29-17,18-8-2-5-11-30-18)19-9-3-6-12-31-19/h1-12,32H. The average Bonchev–Trinajstić information content (AvgIpc) is 2.88. The molecule has 0 bridgehead atoms. The molecule has 0 saturated heterocycles. The number of pyridine rings is 3. The average molecular weight is 474 g/mol. The minimum absolute atomic E-state index is 0.208. The molecular formula is C24H13Cl2N5O2. The maximum atomic E-state index is 10.3.